The van der Waals surface area contributed by atoms with Crippen LogP contribution in [0.2, 0.25) is 0 Å². The molecule has 0 fully saturated rings. The predicted octanol–water partition coefficient (Wildman–Crippen LogP) is 23.3. The topological polar surface area (TPSA) is 78.9 Å². The zero-order chi connectivity index (χ0) is 55.7. The van der Waals surface area contributed by atoms with E-state index in [1.165, 1.54) is 238 Å². The zero-order valence-electron chi connectivity index (χ0n) is 51.7. The van der Waals surface area contributed by atoms with Gasteiger partial charge in [-0.15, -0.1) is 0 Å². The fourth-order valence-corrected chi connectivity index (χ4v) is 10.2. The summed E-state index contributed by atoms with van der Waals surface area (Å²) in [6.07, 6.45) is 82.9. The van der Waals surface area contributed by atoms with E-state index in [1.807, 2.05) is 0 Å². The van der Waals surface area contributed by atoms with Crippen LogP contribution in [0.5, 0.6) is 0 Å². The molecule has 1 atom stereocenters. The van der Waals surface area contributed by atoms with Crippen LogP contribution in [0.15, 0.2) is 48.6 Å². The van der Waals surface area contributed by atoms with Gasteiger partial charge in [0, 0.05) is 19.3 Å². The average Bonchev–Trinajstić information content (AvgIpc) is 3.43. The molecular weight excluding hydrogens is 949 g/mol. The molecule has 0 aliphatic rings. The SMILES string of the molecule is CCC/C=C\C/C=C\CCCCCCCC(=O)OCC(COC(=O)CCCCCCCCCCCCCCCCCCCCC/C=C\C/C=C\CCCCCCC)OC(=O)CCCCCCCCCCCCCCCCC. The Morgan fingerprint density at radius 1 is 0.260 bits per heavy atom. The molecule has 0 rings (SSSR count). The Morgan fingerprint density at radius 3 is 0.766 bits per heavy atom. The summed E-state index contributed by atoms with van der Waals surface area (Å²) >= 11 is 0. The van der Waals surface area contributed by atoms with Gasteiger partial charge in [0.1, 0.15) is 13.2 Å². The van der Waals surface area contributed by atoms with Crippen molar-refractivity contribution in [1.82, 2.24) is 0 Å². The van der Waals surface area contributed by atoms with E-state index >= 15 is 0 Å². The number of hydrogen-bond acceptors (Lipinski definition) is 6. The first kappa shape index (κ1) is 74.4. The van der Waals surface area contributed by atoms with Gasteiger partial charge in [-0.2, -0.15) is 0 Å². The van der Waals surface area contributed by atoms with Crippen LogP contribution >= 0.6 is 0 Å². The highest BCUT2D eigenvalue weighted by atomic mass is 16.6. The lowest BCUT2D eigenvalue weighted by atomic mass is 10.0. The quantitative estimate of drug-likeness (QED) is 0.0261. The smallest absolute Gasteiger partial charge is 0.306 e. The average molecular weight is 1080 g/mol. The molecule has 0 aromatic heterocycles. The fourth-order valence-electron chi connectivity index (χ4n) is 10.2. The van der Waals surface area contributed by atoms with Crippen LogP contribution in [0.3, 0.4) is 0 Å². The molecule has 0 amide bonds. The van der Waals surface area contributed by atoms with E-state index in [-0.39, 0.29) is 31.1 Å². The van der Waals surface area contributed by atoms with Gasteiger partial charge in [-0.05, 0) is 77.0 Å². The second-order valence-corrected chi connectivity index (χ2v) is 23.1. The second-order valence-electron chi connectivity index (χ2n) is 23.1. The van der Waals surface area contributed by atoms with Crippen molar-refractivity contribution < 1.29 is 28.6 Å². The summed E-state index contributed by atoms with van der Waals surface area (Å²) in [6.45, 7) is 6.61. The minimum Gasteiger partial charge on any atom is -0.462 e. The van der Waals surface area contributed by atoms with Gasteiger partial charge in [0.05, 0.1) is 0 Å². The van der Waals surface area contributed by atoms with E-state index in [0.29, 0.717) is 19.3 Å². The van der Waals surface area contributed by atoms with Crippen molar-refractivity contribution in [1.29, 1.82) is 0 Å². The summed E-state index contributed by atoms with van der Waals surface area (Å²) in [5, 5.41) is 0. The standard InChI is InChI=1S/C71H130O6/c1-4-7-10-13-16-19-22-25-27-28-29-30-31-32-33-34-35-36-37-38-39-40-41-42-44-46-49-52-55-58-61-64-70(73)76-67-68(66-75-69(72)63-60-57-54-51-48-45-24-21-18-15-12-9-6-3)77-71(74)65-62-59-56-53-50-47-43-26-23-20-17-14-11-8-5-2/h12,15,21-22,24-25,28-29,68H,4-11,13-14,16-20,23,26-27,30-67H2,1-3H3/b15-12-,24-21-,25-22-,29-28-. The van der Waals surface area contributed by atoms with Gasteiger partial charge in [-0.25, -0.2) is 0 Å². The molecule has 0 heterocycles. The van der Waals surface area contributed by atoms with Crippen molar-refractivity contribution in [2.24, 2.45) is 0 Å². The molecule has 0 bridgehead atoms. The minimum atomic E-state index is -0.775. The van der Waals surface area contributed by atoms with Crippen LogP contribution in [-0.4, -0.2) is 37.2 Å². The molecule has 0 saturated carbocycles. The van der Waals surface area contributed by atoms with Crippen molar-refractivity contribution in [3.63, 3.8) is 0 Å². The lowest BCUT2D eigenvalue weighted by Gasteiger charge is -2.18. The number of rotatable bonds is 63. The molecule has 0 N–H and O–H groups in total. The van der Waals surface area contributed by atoms with Gasteiger partial charge in [0.2, 0.25) is 0 Å². The van der Waals surface area contributed by atoms with E-state index < -0.39 is 6.10 Å². The Morgan fingerprint density at radius 2 is 0.494 bits per heavy atom. The van der Waals surface area contributed by atoms with E-state index in [0.717, 1.165) is 89.9 Å². The molecule has 6 nitrogen and oxygen atoms in total. The van der Waals surface area contributed by atoms with Crippen molar-refractivity contribution in [3.8, 4) is 0 Å². The van der Waals surface area contributed by atoms with Gasteiger partial charge < -0.3 is 14.2 Å². The predicted molar refractivity (Wildman–Crippen MR) is 335 cm³/mol. The Kier molecular flexibility index (Phi) is 63.6. The molecule has 77 heavy (non-hydrogen) atoms. The molecule has 450 valence electrons. The third-order valence-corrected chi connectivity index (χ3v) is 15.3. The summed E-state index contributed by atoms with van der Waals surface area (Å²) < 4.78 is 16.9. The number of carbonyl (C=O) groups is 3. The maximum Gasteiger partial charge on any atom is 0.306 e. The maximum atomic E-state index is 12.9. The van der Waals surface area contributed by atoms with Crippen LogP contribution in [-0.2, 0) is 28.6 Å². The lowest BCUT2D eigenvalue weighted by molar-refractivity contribution is -0.167. The summed E-state index contributed by atoms with van der Waals surface area (Å²) in [7, 11) is 0. The first-order valence-electron chi connectivity index (χ1n) is 34.1. The van der Waals surface area contributed by atoms with Gasteiger partial charge in [0.25, 0.3) is 0 Å². The van der Waals surface area contributed by atoms with Crippen molar-refractivity contribution >= 4 is 17.9 Å². The van der Waals surface area contributed by atoms with Gasteiger partial charge in [-0.1, -0.05) is 320 Å². The summed E-state index contributed by atoms with van der Waals surface area (Å²) in [5.41, 5.74) is 0. The third kappa shape index (κ3) is 64.1. The van der Waals surface area contributed by atoms with Crippen LogP contribution in [0, 0.1) is 0 Å². The molecule has 0 aromatic rings. The molecule has 0 aromatic carbocycles. The van der Waals surface area contributed by atoms with Gasteiger partial charge in [0.15, 0.2) is 6.10 Å². The zero-order valence-corrected chi connectivity index (χ0v) is 51.7. The number of unbranched alkanes of at least 4 members (excludes halogenated alkanes) is 44. The van der Waals surface area contributed by atoms with E-state index in [4.69, 9.17) is 14.2 Å². The van der Waals surface area contributed by atoms with Gasteiger partial charge >= 0.3 is 17.9 Å². The highest BCUT2D eigenvalue weighted by Crippen LogP contribution is 2.18. The third-order valence-electron chi connectivity index (χ3n) is 15.3. The minimum absolute atomic E-state index is 0.0724. The Hall–Kier alpha value is -2.63. The van der Waals surface area contributed by atoms with Crippen molar-refractivity contribution in [2.75, 3.05) is 13.2 Å². The highest BCUT2D eigenvalue weighted by Gasteiger charge is 2.19. The first-order valence-corrected chi connectivity index (χ1v) is 34.1. The van der Waals surface area contributed by atoms with Crippen molar-refractivity contribution in [2.45, 2.75) is 374 Å². The largest absolute Gasteiger partial charge is 0.462 e. The first-order chi connectivity index (χ1) is 38.0. The number of allylic oxidation sites excluding steroid dienone is 8. The lowest BCUT2D eigenvalue weighted by Crippen LogP contribution is -2.30. The fraction of sp³-hybridized carbons (Fsp3) is 0.845. The maximum absolute atomic E-state index is 12.9. The molecule has 0 radical (unpaired) electrons. The molecule has 0 aliphatic heterocycles. The van der Waals surface area contributed by atoms with E-state index in [9.17, 15) is 14.4 Å². The molecule has 0 saturated heterocycles. The van der Waals surface area contributed by atoms with E-state index in [2.05, 4.69) is 69.4 Å². The highest BCUT2D eigenvalue weighted by molar-refractivity contribution is 5.71. The Bertz CT molecular complexity index is 1330. The second kappa shape index (κ2) is 65.9. The summed E-state index contributed by atoms with van der Waals surface area (Å²) in [6, 6.07) is 0. The molecular formula is C71H130O6. The number of carbonyl (C=O) groups excluding carboxylic acids is 3. The van der Waals surface area contributed by atoms with Crippen LogP contribution < -0.4 is 0 Å². The van der Waals surface area contributed by atoms with Gasteiger partial charge in [-0.3, -0.25) is 14.4 Å². The van der Waals surface area contributed by atoms with E-state index in [1.54, 1.807) is 0 Å². The van der Waals surface area contributed by atoms with Crippen molar-refractivity contribution in [3.05, 3.63) is 48.6 Å². The number of hydrogen-bond donors (Lipinski definition) is 0. The van der Waals surface area contributed by atoms with Crippen LogP contribution in [0.4, 0.5) is 0 Å². The normalized spacial score (nSPS) is 12.3. The van der Waals surface area contributed by atoms with Crippen LogP contribution in [0.1, 0.15) is 367 Å². The summed E-state index contributed by atoms with van der Waals surface area (Å²) in [4.78, 5) is 38.3. The Labute approximate surface area is 479 Å². The monoisotopic (exact) mass is 1080 g/mol. The molecule has 0 aliphatic carbocycles. The molecule has 6 heteroatoms. The molecule has 0 spiro atoms. The number of esters is 3. The molecule has 1 unspecified atom stereocenters. The Balaban J connectivity index is 4.13. The number of ether oxygens (including phenoxy) is 3. The summed E-state index contributed by atoms with van der Waals surface area (Å²) in [5.74, 6) is -0.864. The van der Waals surface area contributed by atoms with Crippen LogP contribution in [0.25, 0.3) is 0 Å².